The summed E-state index contributed by atoms with van der Waals surface area (Å²) < 4.78 is 8.63. The van der Waals surface area contributed by atoms with Crippen LogP contribution in [-0.2, 0) is 0 Å². The number of para-hydroxylation sites is 1. The van der Waals surface area contributed by atoms with Gasteiger partial charge in [0, 0.05) is 6.07 Å². The Morgan fingerprint density at radius 2 is 1.85 bits per heavy atom. The van der Waals surface area contributed by atoms with Crippen molar-refractivity contribution in [1.29, 1.82) is 0 Å². The summed E-state index contributed by atoms with van der Waals surface area (Å²) in [7, 11) is 1.55. The van der Waals surface area contributed by atoms with Gasteiger partial charge >= 0.3 is 0 Å². The second-order valence-corrected chi connectivity index (χ2v) is 5.97. The molecular formula is C19H14N6O2. The first-order chi connectivity index (χ1) is 13.3. The highest BCUT2D eigenvalue weighted by molar-refractivity contribution is 5.90. The van der Waals surface area contributed by atoms with E-state index in [1.165, 1.54) is 6.07 Å². The molecule has 0 bridgehead atoms. The number of hydrogen-bond acceptors (Lipinski definition) is 6. The van der Waals surface area contributed by atoms with Crippen molar-refractivity contribution in [3.63, 3.8) is 0 Å². The first-order valence-corrected chi connectivity index (χ1v) is 8.26. The molecule has 2 aromatic carbocycles. The van der Waals surface area contributed by atoms with Crippen molar-refractivity contribution in [2.75, 3.05) is 7.11 Å². The number of hydrogen-bond donors (Lipinski definition) is 1. The Morgan fingerprint density at radius 3 is 2.63 bits per heavy atom. The van der Waals surface area contributed by atoms with Crippen molar-refractivity contribution in [3.8, 4) is 28.6 Å². The lowest BCUT2D eigenvalue weighted by Crippen LogP contribution is -1.98. The number of fused-ring (bicyclic) bond motifs is 3. The summed E-state index contributed by atoms with van der Waals surface area (Å²) in [4.78, 5) is 4.54. The van der Waals surface area contributed by atoms with E-state index in [9.17, 15) is 5.11 Å². The van der Waals surface area contributed by atoms with Gasteiger partial charge in [-0.3, -0.25) is 4.40 Å². The fourth-order valence-electron chi connectivity index (χ4n) is 3.09. The number of rotatable bonds is 3. The van der Waals surface area contributed by atoms with Gasteiger partial charge in [0.1, 0.15) is 17.8 Å². The zero-order valence-corrected chi connectivity index (χ0v) is 14.3. The number of aromatic hydroxyl groups is 1. The standard InChI is InChI=1S/C19H14N6O2/c1-27-13-7-8-14(16(26)9-13)18-22-23-19-15-10-21-25(12-5-3-2-4-6-12)17(15)20-11-24(18)19/h2-11,26H,1H3. The fraction of sp³-hybridized carbons (Fsp3) is 0.0526. The number of phenols is 1. The lowest BCUT2D eigenvalue weighted by molar-refractivity contribution is 0.408. The van der Waals surface area contributed by atoms with Crippen LogP contribution in [0.1, 0.15) is 0 Å². The van der Waals surface area contributed by atoms with Gasteiger partial charge in [-0.1, -0.05) is 18.2 Å². The first kappa shape index (κ1) is 15.3. The predicted octanol–water partition coefficient (Wildman–Crippen LogP) is 2.84. The van der Waals surface area contributed by atoms with Gasteiger partial charge in [-0.05, 0) is 24.3 Å². The average molecular weight is 358 g/mol. The van der Waals surface area contributed by atoms with E-state index in [0.717, 1.165) is 11.1 Å². The molecule has 0 saturated heterocycles. The Kier molecular flexibility index (Phi) is 3.29. The van der Waals surface area contributed by atoms with E-state index in [4.69, 9.17) is 4.74 Å². The summed E-state index contributed by atoms with van der Waals surface area (Å²) in [6, 6.07) is 14.8. The summed E-state index contributed by atoms with van der Waals surface area (Å²) >= 11 is 0. The zero-order valence-electron chi connectivity index (χ0n) is 14.3. The molecule has 0 aliphatic carbocycles. The van der Waals surface area contributed by atoms with Gasteiger partial charge < -0.3 is 9.84 Å². The molecule has 5 rings (SSSR count). The molecule has 1 N–H and O–H groups in total. The van der Waals surface area contributed by atoms with Crippen LogP contribution in [0.15, 0.2) is 61.1 Å². The molecule has 8 heteroatoms. The molecule has 3 aromatic heterocycles. The Labute approximate surface area is 153 Å². The van der Waals surface area contributed by atoms with Gasteiger partial charge in [0.05, 0.1) is 29.9 Å². The Hall–Kier alpha value is -3.94. The van der Waals surface area contributed by atoms with E-state index in [0.29, 0.717) is 28.4 Å². The SMILES string of the molecule is COc1ccc(-c2nnc3c4cnn(-c5ccccc5)c4ncn23)c(O)c1. The van der Waals surface area contributed by atoms with Crippen LogP contribution < -0.4 is 4.74 Å². The molecule has 132 valence electrons. The predicted molar refractivity (Wildman–Crippen MR) is 99.1 cm³/mol. The third-order valence-electron chi connectivity index (χ3n) is 4.42. The van der Waals surface area contributed by atoms with Gasteiger partial charge in [-0.15, -0.1) is 10.2 Å². The van der Waals surface area contributed by atoms with E-state index in [-0.39, 0.29) is 5.75 Å². The molecular weight excluding hydrogens is 344 g/mol. The van der Waals surface area contributed by atoms with Gasteiger partial charge in [0.25, 0.3) is 0 Å². The van der Waals surface area contributed by atoms with E-state index in [1.807, 2.05) is 30.3 Å². The minimum absolute atomic E-state index is 0.0590. The van der Waals surface area contributed by atoms with E-state index in [2.05, 4.69) is 20.3 Å². The molecule has 3 heterocycles. The summed E-state index contributed by atoms with van der Waals surface area (Å²) in [5.74, 6) is 1.12. The van der Waals surface area contributed by atoms with E-state index in [1.54, 1.807) is 40.8 Å². The number of ether oxygens (including phenoxy) is 1. The first-order valence-electron chi connectivity index (χ1n) is 8.26. The van der Waals surface area contributed by atoms with Crippen molar-refractivity contribution in [2.24, 2.45) is 0 Å². The number of methoxy groups -OCH3 is 1. The van der Waals surface area contributed by atoms with Crippen LogP contribution in [0, 0.1) is 0 Å². The van der Waals surface area contributed by atoms with E-state index < -0.39 is 0 Å². The van der Waals surface area contributed by atoms with Crippen LogP contribution in [0.2, 0.25) is 0 Å². The molecule has 8 nitrogen and oxygen atoms in total. The molecule has 0 unspecified atom stereocenters. The van der Waals surface area contributed by atoms with Gasteiger partial charge in [0.2, 0.25) is 0 Å². The third-order valence-corrected chi connectivity index (χ3v) is 4.42. The van der Waals surface area contributed by atoms with Crippen LogP contribution in [0.5, 0.6) is 11.5 Å². The Morgan fingerprint density at radius 1 is 1.00 bits per heavy atom. The van der Waals surface area contributed by atoms with Crippen molar-refractivity contribution in [1.82, 2.24) is 29.4 Å². The highest BCUT2D eigenvalue weighted by Crippen LogP contribution is 2.32. The lowest BCUT2D eigenvalue weighted by atomic mass is 10.2. The van der Waals surface area contributed by atoms with Gasteiger partial charge in [-0.25, -0.2) is 9.67 Å². The van der Waals surface area contributed by atoms with Crippen LogP contribution >= 0.6 is 0 Å². The van der Waals surface area contributed by atoms with Crippen molar-refractivity contribution < 1.29 is 9.84 Å². The summed E-state index contributed by atoms with van der Waals surface area (Å²) in [6.45, 7) is 0. The summed E-state index contributed by atoms with van der Waals surface area (Å²) in [5.41, 5.74) is 2.76. The maximum atomic E-state index is 10.3. The number of aromatic nitrogens is 6. The normalized spacial score (nSPS) is 11.3. The molecule has 0 aliphatic heterocycles. The quantitative estimate of drug-likeness (QED) is 0.533. The van der Waals surface area contributed by atoms with Gasteiger partial charge in [-0.2, -0.15) is 5.10 Å². The van der Waals surface area contributed by atoms with E-state index >= 15 is 0 Å². The molecule has 0 radical (unpaired) electrons. The molecule has 0 fully saturated rings. The monoisotopic (exact) mass is 358 g/mol. The number of nitrogens with zero attached hydrogens (tertiary/aromatic N) is 6. The van der Waals surface area contributed by atoms with Crippen LogP contribution in [0.3, 0.4) is 0 Å². The second-order valence-electron chi connectivity index (χ2n) is 5.97. The highest BCUT2D eigenvalue weighted by Gasteiger charge is 2.17. The van der Waals surface area contributed by atoms with Crippen molar-refractivity contribution in [2.45, 2.75) is 0 Å². The minimum Gasteiger partial charge on any atom is -0.507 e. The fourth-order valence-corrected chi connectivity index (χ4v) is 3.09. The average Bonchev–Trinajstić information content (AvgIpc) is 3.32. The molecule has 5 aromatic rings. The van der Waals surface area contributed by atoms with Crippen molar-refractivity contribution >= 4 is 16.7 Å². The maximum Gasteiger partial charge on any atom is 0.175 e. The Balaban J connectivity index is 1.70. The van der Waals surface area contributed by atoms with Crippen LogP contribution in [0.25, 0.3) is 33.8 Å². The minimum atomic E-state index is 0.0590. The maximum absolute atomic E-state index is 10.3. The summed E-state index contributed by atoms with van der Waals surface area (Å²) in [5, 5.41) is 24.1. The lowest BCUT2D eigenvalue weighted by Gasteiger charge is -2.06. The molecule has 0 spiro atoms. The van der Waals surface area contributed by atoms with Crippen LogP contribution in [-0.4, -0.2) is 41.6 Å². The molecule has 0 saturated carbocycles. The van der Waals surface area contributed by atoms with Crippen molar-refractivity contribution in [3.05, 3.63) is 61.1 Å². The third kappa shape index (κ3) is 2.30. The zero-order chi connectivity index (χ0) is 18.4. The molecule has 0 amide bonds. The Bertz CT molecular complexity index is 1280. The molecule has 27 heavy (non-hydrogen) atoms. The number of benzene rings is 2. The smallest absolute Gasteiger partial charge is 0.175 e. The largest absolute Gasteiger partial charge is 0.507 e. The molecule has 0 aliphatic rings. The van der Waals surface area contributed by atoms with Crippen LogP contribution in [0.4, 0.5) is 0 Å². The highest BCUT2D eigenvalue weighted by atomic mass is 16.5. The summed E-state index contributed by atoms with van der Waals surface area (Å²) in [6.07, 6.45) is 3.36. The molecule has 0 atom stereocenters. The second kappa shape index (κ2) is 5.80. The number of phenolic OH excluding ortho intramolecular Hbond substituents is 1. The topological polar surface area (TPSA) is 90.4 Å². The van der Waals surface area contributed by atoms with Gasteiger partial charge in [0.15, 0.2) is 17.1 Å².